The Morgan fingerprint density at radius 3 is 3.00 bits per heavy atom. The maximum atomic E-state index is 5.70. The molecule has 1 unspecified atom stereocenters. The van der Waals surface area contributed by atoms with Gasteiger partial charge in [0, 0.05) is 17.5 Å². The van der Waals surface area contributed by atoms with Crippen LogP contribution in [0, 0.1) is 0 Å². The molecule has 0 aliphatic heterocycles. The lowest BCUT2D eigenvalue weighted by atomic mass is 10.1. The van der Waals surface area contributed by atoms with Gasteiger partial charge in [-0.3, -0.25) is 10.8 Å². The van der Waals surface area contributed by atoms with Crippen LogP contribution in [0.5, 0.6) is 0 Å². The predicted molar refractivity (Wildman–Crippen MR) is 59.6 cm³/mol. The summed E-state index contributed by atoms with van der Waals surface area (Å²) in [7, 11) is 0. The van der Waals surface area contributed by atoms with Crippen molar-refractivity contribution in [3.8, 4) is 0 Å². The van der Waals surface area contributed by atoms with Crippen LogP contribution in [0.1, 0.15) is 16.7 Å². The summed E-state index contributed by atoms with van der Waals surface area (Å²) in [6, 6.07) is 3.44. The number of furan rings is 1. The Kier molecular flexibility index (Phi) is 3.37. The average Bonchev–Trinajstić information content (AvgIpc) is 2.85. The molecule has 2 rings (SSSR count). The van der Waals surface area contributed by atoms with Crippen molar-refractivity contribution in [3.63, 3.8) is 0 Å². The SMILES string of the molecule is NNC(Cc1cncs1)c1ccc(Cl)o1. The maximum absolute atomic E-state index is 5.70. The van der Waals surface area contributed by atoms with E-state index in [9.17, 15) is 0 Å². The molecule has 4 nitrogen and oxygen atoms in total. The number of hydrogen-bond donors (Lipinski definition) is 2. The summed E-state index contributed by atoms with van der Waals surface area (Å²) >= 11 is 7.29. The van der Waals surface area contributed by atoms with Gasteiger partial charge in [0.15, 0.2) is 5.22 Å². The lowest BCUT2D eigenvalue weighted by Crippen LogP contribution is -2.29. The van der Waals surface area contributed by atoms with Crippen LogP contribution >= 0.6 is 22.9 Å². The maximum Gasteiger partial charge on any atom is 0.193 e. The van der Waals surface area contributed by atoms with Crippen LogP contribution in [0.2, 0.25) is 5.22 Å². The number of aromatic nitrogens is 1. The van der Waals surface area contributed by atoms with Crippen molar-refractivity contribution in [1.29, 1.82) is 0 Å². The molecule has 0 saturated carbocycles. The first-order chi connectivity index (χ1) is 7.29. The highest BCUT2D eigenvalue weighted by Crippen LogP contribution is 2.23. The highest BCUT2D eigenvalue weighted by molar-refractivity contribution is 7.09. The molecule has 1 atom stereocenters. The molecule has 2 aromatic rings. The van der Waals surface area contributed by atoms with Gasteiger partial charge < -0.3 is 4.42 Å². The van der Waals surface area contributed by atoms with Gasteiger partial charge in [-0.05, 0) is 23.7 Å². The average molecular weight is 244 g/mol. The number of hydrogen-bond acceptors (Lipinski definition) is 5. The van der Waals surface area contributed by atoms with Gasteiger partial charge >= 0.3 is 0 Å². The zero-order valence-electron chi connectivity index (χ0n) is 7.81. The molecule has 0 saturated heterocycles. The Labute approximate surface area is 96.0 Å². The summed E-state index contributed by atoms with van der Waals surface area (Å²) in [5.74, 6) is 6.19. The summed E-state index contributed by atoms with van der Waals surface area (Å²) < 4.78 is 5.29. The molecule has 0 aliphatic carbocycles. The van der Waals surface area contributed by atoms with E-state index in [1.807, 2.05) is 12.3 Å². The Morgan fingerprint density at radius 2 is 2.47 bits per heavy atom. The van der Waals surface area contributed by atoms with Crippen molar-refractivity contribution in [1.82, 2.24) is 10.4 Å². The van der Waals surface area contributed by atoms with Gasteiger partial charge in [0.05, 0.1) is 11.6 Å². The van der Waals surface area contributed by atoms with Crippen LogP contribution in [-0.4, -0.2) is 4.98 Å². The standard InChI is InChI=1S/C9H10ClN3OS/c10-9-2-1-8(14-9)7(13-11)3-6-4-12-5-15-6/h1-2,4-5,7,13H,3,11H2. The summed E-state index contributed by atoms with van der Waals surface area (Å²) in [6.45, 7) is 0. The number of halogens is 1. The van der Waals surface area contributed by atoms with Crippen LogP contribution in [0.3, 0.4) is 0 Å². The molecule has 2 heterocycles. The number of thiazole rings is 1. The lowest BCUT2D eigenvalue weighted by Gasteiger charge is -2.11. The fraction of sp³-hybridized carbons (Fsp3) is 0.222. The van der Waals surface area contributed by atoms with Crippen LogP contribution in [0.25, 0.3) is 0 Å². The largest absolute Gasteiger partial charge is 0.448 e. The first-order valence-electron chi connectivity index (χ1n) is 4.38. The van der Waals surface area contributed by atoms with E-state index in [2.05, 4.69) is 10.4 Å². The fourth-order valence-corrected chi connectivity index (χ4v) is 2.10. The van der Waals surface area contributed by atoms with Crippen molar-refractivity contribution in [3.05, 3.63) is 39.7 Å². The van der Waals surface area contributed by atoms with E-state index in [1.165, 1.54) is 0 Å². The van der Waals surface area contributed by atoms with Crippen molar-refractivity contribution >= 4 is 22.9 Å². The van der Waals surface area contributed by atoms with E-state index in [1.54, 1.807) is 22.9 Å². The molecular formula is C9H10ClN3OS. The number of nitrogens with two attached hydrogens (primary N) is 1. The molecule has 0 bridgehead atoms. The van der Waals surface area contributed by atoms with Gasteiger partial charge in [0.25, 0.3) is 0 Å². The first kappa shape index (κ1) is 10.6. The minimum Gasteiger partial charge on any atom is -0.448 e. The summed E-state index contributed by atoms with van der Waals surface area (Å²) in [5.41, 5.74) is 4.49. The quantitative estimate of drug-likeness (QED) is 0.638. The third kappa shape index (κ3) is 2.57. The van der Waals surface area contributed by atoms with Crippen molar-refractivity contribution < 1.29 is 4.42 Å². The molecule has 0 spiro atoms. The minimum absolute atomic E-state index is 0.0713. The molecule has 0 amide bonds. The van der Waals surface area contributed by atoms with Gasteiger partial charge in [-0.15, -0.1) is 11.3 Å². The summed E-state index contributed by atoms with van der Waals surface area (Å²) in [6.07, 6.45) is 2.56. The second-order valence-electron chi connectivity index (χ2n) is 3.03. The summed E-state index contributed by atoms with van der Waals surface area (Å²) in [5, 5.41) is 0.370. The molecule has 2 aromatic heterocycles. The van der Waals surface area contributed by atoms with E-state index in [0.29, 0.717) is 5.22 Å². The zero-order chi connectivity index (χ0) is 10.7. The zero-order valence-corrected chi connectivity index (χ0v) is 9.39. The van der Waals surface area contributed by atoms with E-state index in [4.69, 9.17) is 21.9 Å². The highest BCUT2D eigenvalue weighted by atomic mass is 35.5. The predicted octanol–water partition coefficient (Wildman–Crippen LogP) is 2.14. The van der Waals surface area contributed by atoms with Crippen LogP contribution in [0.4, 0.5) is 0 Å². The van der Waals surface area contributed by atoms with Crippen LogP contribution in [-0.2, 0) is 6.42 Å². The molecule has 0 aliphatic rings. The second-order valence-corrected chi connectivity index (χ2v) is 4.38. The molecular weight excluding hydrogens is 234 g/mol. The van der Waals surface area contributed by atoms with Crippen LogP contribution < -0.4 is 11.3 Å². The van der Waals surface area contributed by atoms with Gasteiger partial charge in [-0.2, -0.15) is 0 Å². The van der Waals surface area contributed by atoms with Gasteiger partial charge in [-0.1, -0.05) is 0 Å². The van der Waals surface area contributed by atoms with E-state index >= 15 is 0 Å². The third-order valence-electron chi connectivity index (χ3n) is 2.03. The number of rotatable bonds is 4. The molecule has 15 heavy (non-hydrogen) atoms. The van der Waals surface area contributed by atoms with Crippen molar-refractivity contribution in [2.24, 2.45) is 5.84 Å². The summed E-state index contributed by atoms with van der Waals surface area (Å²) in [4.78, 5) is 5.15. The highest BCUT2D eigenvalue weighted by Gasteiger charge is 2.15. The fourth-order valence-electron chi connectivity index (χ4n) is 1.30. The molecule has 6 heteroatoms. The molecule has 0 aromatic carbocycles. The number of hydrazine groups is 1. The van der Waals surface area contributed by atoms with Crippen molar-refractivity contribution in [2.45, 2.75) is 12.5 Å². The molecule has 0 fully saturated rings. The monoisotopic (exact) mass is 243 g/mol. The van der Waals surface area contributed by atoms with E-state index < -0.39 is 0 Å². The third-order valence-corrected chi connectivity index (χ3v) is 3.03. The molecule has 80 valence electrons. The first-order valence-corrected chi connectivity index (χ1v) is 5.64. The topological polar surface area (TPSA) is 64.1 Å². The lowest BCUT2D eigenvalue weighted by molar-refractivity contribution is 0.418. The smallest absolute Gasteiger partial charge is 0.193 e. The van der Waals surface area contributed by atoms with Gasteiger partial charge in [0.2, 0.25) is 0 Å². The van der Waals surface area contributed by atoms with Crippen molar-refractivity contribution in [2.75, 3.05) is 0 Å². The van der Waals surface area contributed by atoms with Gasteiger partial charge in [0.1, 0.15) is 5.76 Å². The number of nitrogens with zero attached hydrogens (tertiary/aromatic N) is 1. The molecule has 3 N–H and O–H groups in total. The Bertz CT molecular complexity index is 415. The second kappa shape index (κ2) is 4.76. The Morgan fingerprint density at radius 1 is 1.60 bits per heavy atom. The Hall–Kier alpha value is -0.880. The Balaban J connectivity index is 2.11. The van der Waals surface area contributed by atoms with Crippen LogP contribution in [0.15, 0.2) is 28.3 Å². The molecule has 0 radical (unpaired) electrons. The normalized spacial score (nSPS) is 12.9. The van der Waals surface area contributed by atoms with E-state index in [-0.39, 0.29) is 6.04 Å². The van der Waals surface area contributed by atoms with Gasteiger partial charge in [-0.25, -0.2) is 5.43 Å². The number of nitrogens with one attached hydrogen (secondary N) is 1. The van der Waals surface area contributed by atoms with E-state index in [0.717, 1.165) is 17.1 Å². The minimum atomic E-state index is -0.0713.